The molecule has 148 valence electrons. The highest BCUT2D eigenvalue weighted by Gasteiger charge is 2.16. The molecule has 2 aromatic carbocycles. The number of aryl methyl sites for hydroxylation is 1. The molecule has 1 heterocycles. The van der Waals surface area contributed by atoms with E-state index in [1.54, 1.807) is 14.2 Å². The summed E-state index contributed by atoms with van der Waals surface area (Å²) in [5.74, 6) is 0.890. The van der Waals surface area contributed by atoms with Gasteiger partial charge in [0, 0.05) is 18.4 Å². The maximum Gasteiger partial charge on any atom is 0.279 e. The lowest BCUT2D eigenvalue weighted by molar-refractivity contribution is 0.0997. The summed E-state index contributed by atoms with van der Waals surface area (Å²) in [6.07, 6.45) is 1.12. The molecule has 0 saturated heterocycles. The number of benzene rings is 2. The second-order valence-electron chi connectivity index (χ2n) is 5.99. The number of hydrogen-bond acceptors (Lipinski definition) is 6. The molecular weight excluding hydrogens is 400 g/mol. The molecule has 0 aliphatic heterocycles. The Kier molecular flexibility index (Phi) is 5.57. The van der Waals surface area contributed by atoms with Gasteiger partial charge in [-0.2, -0.15) is 4.99 Å². The largest absolute Gasteiger partial charge is 0.495 e. The van der Waals surface area contributed by atoms with Crippen molar-refractivity contribution in [2.45, 2.75) is 18.4 Å². The predicted molar refractivity (Wildman–Crippen MR) is 108 cm³/mol. The van der Waals surface area contributed by atoms with Crippen molar-refractivity contribution in [2.24, 2.45) is 4.99 Å². The Morgan fingerprint density at radius 3 is 2.21 bits per heavy atom. The van der Waals surface area contributed by atoms with Crippen molar-refractivity contribution in [2.75, 3.05) is 20.5 Å². The first kappa shape index (κ1) is 20.1. The first-order valence-electron chi connectivity index (χ1n) is 8.43. The minimum absolute atomic E-state index is 0.156. The molecule has 3 rings (SSSR count). The number of rotatable bonds is 5. The maximum atomic E-state index is 12.6. The van der Waals surface area contributed by atoms with Crippen LogP contribution in [0.1, 0.15) is 17.3 Å². The van der Waals surface area contributed by atoms with E-state index in [0.717, 1.165) is 16.5 Å². The van der Waals surface area contributed by atoms with E-state index in [9.17, 15) is 13.2 Å². The molecule has 0 fully saturated rings. The van der Waals surface area contributed by atoms with Crippen LogP contribution in [0.4, 0.5) is 0 Å². The highest BCUT2D eigenvalue weighted by molar-refractivity contribution is 7.90. The first-order chi connectivity index (χ1) is 13.3. The van der Waals surface area contributed by atoms with Crippen LogP contribution < -0.4 is 14.3 Å². The lowest BCUT2D eigenvalue weighted by Crippen LogP contribution is -2.16. The number of carbonyl (C=O) groups excluding carboxylic acids is 1. The van der Waals surface area contributed by atoms with E-state index in [1.807, 2.05) is 23.6 Å². The van der Waals surface area contributed by atoms with E-state index in [-0.39, 0.29) is 4.90 Å². The quantitative estimate of drug-likeness (QED) is 0.633. The molecular formula is C19H20N2O5S2. The fourth-order valence-corrected chi connectivity index (χ4v) is 4.66. The Morgan fingerprint density at radius 2 is 1.68 bits per heavy atom. The van der Waals surface area contributed by atoms with E-state index in [0.29, 0.717) is 28.4 Å². The number of ether oxygens (including phenoxy) is 2. The van der Waals surface area contributed by atoms with E-state index in [1.165, 1.54) is 35.6 Å². The fourth-order valence-electron chi connectivity index (χ4n) is 2.83. The molecule has 0 spiro atoms. The predicted octanol–water partition coefficient (Wildman–Crippen LogP) is 2.88. The normalized spacial score (nSPS) is 12.4. The summed E-state index contributed by atoms with van der Waals surface area (Å²) < 4.78 is 36.8. The molecule has 0 saturated carbocycles. The lowest BCUT2D eigenvalue weighted by Gasteiger charge is -2.08. The van der Waals surface area contributed by atoms with E-state index >= 15 is 0 Å². The maximum absolute atomic E-state index is 12.6. The standard InChI is InChI=1S/C19H20N2O5S2/c1-5-21-16-14(25-2)10-11-15(26-3)17(16)27-19(21)20-18(22)12-6-8-13(9-7-12)28(4,23)24/h6-11H,5H2,1-4H3. The number of thiazole rings is 1. The topological polar surface area (TPSA) is 87.0 Å². The smallest absolute Gasteiger partial charge is 0.279 e. The van der Waals surface area contributed by atoms with Crippen molar-refractivity contribution in [3.8, 4) is 11.5 Å². The Morgan fingerprint density at radius 1 is 1.07 bits per heavy atom. The number of aromatic nitrogens is 1. The second-order valence-corrected chi connectivity index (χ2v) is 8.98. The van der Waals surface area contributed by atoms with Gasteiger partial charge >= 0.3 is 0 Å². The van der Waals surface area contributed by atoms with E-state index in [4.69, 9.17) is 9.47 Å². The van der Waals surface area contributed by atoms with Gasteiger partial charge in [0.2, 0.25) is 0 Å². The van der Waals surface area contributed by atoms with Gasteiger partial charge in [-0.25, -0.2) is 8.42 Å². The summed E-state index contributed by atoms with van der Waals surface area (Å²) in [4.78, 5) is 17.6. The van der Waals surface area contributed by atoms with Crippen LogP contribution in [-0.2, 0) is 16.4 Å². The summed E-state index contributed by atoms with van der Waals surface area (Å²) >= 11 is 1.33. The zero-order valence-electron chi connectivity index (χ0n) is 15.9. The minimum atomic E-state index is -3.32. The van der Waals surface area contributed by atoms with Gasteiger partial charge in [-0.1, -0.05) is 11.3 Å². The molecule has 9 heteroatoms. The Hall–Kier alpha value is -2.65. The summed E-state index contributed by atoms with van der Waals surface area (Å²) in [7, 11) is -0.146. The van der Waals surface area contributed by atoms with Crippen LogP contribution >= 0.6 is 11.3 Å². The third kappa shape index (κ3) is 3.67. The SMILES string of the molecule is CCn1c(=NC(=O)c2ccc(S(C)(=O)=O)cc2)sc2c(OC)ccc(OC)c21. The van der Waals surface area contributed by atoms with Crippen LogP contribution in [0, 0.1) is 0 Å². The van der Waals surface area contributed by atoms with Crippen LogP contribution in [0.5, 0.6) is 11.5 Å². The number of sulfone groups is 1. The second kappa shape index (κ2) is 7.76. The average Bonchev–Trinajstić information content (AvgIpc) is 3.04. The summed E-state index contributed by atoms with van der Waals surface area (Å²) in [6, 6.07) is 9.37. The van der Waals surface area contributed by atoms with Crippen molar-refractivity contribution in [3.05, 3.63) is 46.8 Å². The molecule has 0 radical (unpaired) electrons. The molecule has 0 unspecified atom stereocenters. The van der Waals surface area contributed by atoms with Crippen LogP contribution in [0.2, 0.25) is 0 Å². The van der Waals surface area contributed by atoms with Crippen molar-refractivity contribution >= 4 is 37.3 Å². The Labute approximate surface area is 166 Å². The Bertz CT molecular complexity index is 1210. The molecule has 3 aromatic rings. The van der Waals surface area contributed by atoms with Gasteiger partial charge in [-0.05, 0) is 43.3 Å². The Balaban J connectivity index is 2.14. The van der Waals surface area contributed by atoms with Crippen LogP contribution in [0.3, 0.4) is 0 Å². The molecule has 0 N–H and O–H groups in total. The molecule has 7 nitrogen and oxygen atoms in total. The summed E-state index contributed by atoms with van der Waals surface area (Å²) in [5, 5.41) is 0. The number of hydrogen-bond donors (Lipinski definition) is 0. The van der Waals surface area contributed by atoms with Gasteiger partial charge < -0.3 is 14.0 Å². The molecule has 1 aromatic heterocycles. The lowest BCUT2D eigenvalue weighted by atomic mass is 10.2. The van der Waals surface area contributed by atoms with E-state index < -0.39 is 15.7 Å². The third-order valence-corrected chi connectivity index (χ3v) is 6.46. The van der Waals surface area contributed by atoms with Gasteiger partial charge in [-0.3, -0.25) is 4.79 Å². The molecule has 1 amide bonds. The number of carbonyl (C=O) groups is 1. The van der Waals surface area contributed by atoms with Crippen molar-refractivity contribution in [3.63, 3.8) is 0 Å². The van der Waals surface area contributed by atoms with Gasteiger partial charge in [-0.15, -0.1) is 0 Å². The van der Waals surface area contributed by atoms with Gasteiger partial charge in [0.05, 0.1) is 19.1 Å². The van der Waals surface area contributed by atoms with Crippen LogP contribution in [0.25, 0.3) is 10.2 Å². The zero-order chi connectivity index (χ0) is 20.5. The van der Waals surface area contributed by atoms with Crippen molar-refractivity contribution < 1.29 is 22.7 Å². The first-order valence-corrected chi connectivity index (χ1v) is 11.1. The van der Waals surface area contributed by atoms with Gasteiger partial charge in [0.1, 0.15) is 21.7 Å². The van der Waals surface area contributed by atoms with Crippen LogP contribution in [-0.4, -0.2) is 39.4 Å². The van der Waals surface area contributed by atoms with Crippen LogP contribution in [0.15, 0.2) is 46.3 Å². The van der Waals surface area contributed by atoms with Gasteiger partial charge in [0.15, 0.2) is 14.6 Å². The third-order valence-electron chi connectivity index (χ3n) is 4.24. The minimum Gasteiger partial charge on any atom is -0.495 e. The average molecular weight is 421 g/mol. The van der Waals surface area contributed by atoms with Gasteiger partial charge in [0.25, 0.3) is 5.91 Å². The highest BCUT2D eigenvalue weighted by atomic mass is 32.2. The number of amides is 1. The summed E-state index contributed by atoms with van der Waals surface area (Å²) in [5.41, 5.74) is 1.12. The number of methoxy groups -OCH3 is 2. The van der Waals surface area contributed by atoms with Crippen molar-refractivity contribution in [1.82, 2.24) is 4.57 Å². The summed E-state index contributed by atoms with van der Waals surface area (Å²) in [6.45, 7) is 2.54. The molecule has 0 bridgehead atoms. The van der Waals surface area contributed by atoms with Crippen molar-refractivity contribution in [1.29, 1.82) is 0 Å². The zero-order valence-corrected chi connectivity index (χ0v) is 17.6. The molecule has 28 heavy (non-hydrogen) atoms. The van der Waals surface area contributed by atoms with E-state index in [2.05, 4.69) is 4.99 Å². The molecule has 0 atom stereocenters. The number of fused-ring (bicyclic) bond motifs is 1. The molecule has 0 aliphatic carbocycles. The highest BCUT2D eigenvalue weighted by Crippen LogP contribution is 2.35. The fraction of sp³-hybridized carbons (Fsp3) is 0.263. The monoisotopic (exact) mass is 420 g/mol. The molecule has 0 aliphatic rings. The number of nitrogens with zero attached hydrogens (tertiary/aromatic N) is 2.